The Bertz CT molecular complexity index is 555. The third-order valence-electron chi connectivity index (χ3n) is 5.51. The lowest BCUT2D eigenvalue weighted by atomic mass is 9.83. The molecule has 0 amide bonds. The summed E-state index contributed by atoms with van der Waals surface area (Å²) in [6.45, 7) is 2.29. The summed E-state index contributed by atoms with van der Waals surface area (Å²) in [4.78, 5) is 25.0. The van der Waals surface area contributed by atoms with E-state index in [1.165, 1.54) is 31.2 Å². The van der Waals surface area contributed by atoms with E-state index in [1.807, 2.05) is 18.2 Å². The van der Waals surface area contributed by atoms with E-state index >= 15 is 0 Å². The van der Waals surface area contributed by atoms with Gasteiger partial charge in [-0.3, -0.25) is 9.59 Å². The molecule has 3 rings (SSSR count). The fourth-order valence-corrected chi connectivity index (χ4v) is 4.14. The molecule has 0 radical (unpaired) electrons. The Kier molecular flexibility index (Phi) is 4.75. The van der Waals surface area contributed by atoms with Gasteiger partial charge in [-0.25, -0.2) is 0 Å². The SMILES string of the molecule is CC1CCC(c2cccc(C(=O)C(=O)C3CCCCC3)c2)C1. The van der Waals surface area contributed by atoms with Crippen molar-refractivity contribution < 1.29 is 9.59 Å². The molecular formula is C20H26O2. The number of Topliss-reactive ketones (excluding diaryl/α,β-unsaturated/α-hetero) is 2. The maximum atomic E-state index is 12.5. The maximum Gasteiger partial charge on any atom is 0.228 e. The van der Waals surface area contributed by atoms with E-state index < -0.39 is 0 Å². The van der Waals surface area contributed by atoms with Gasteiger partial charge in [0, 0.05) is 11.5 Å². The molecule has 2 saturated carbocycles. The summed E-state index contributed by atoms with van der Waals surface area (Å²) in [6, 6.07) is 7.85. The zero-order valence-corrected chi connectivity index (χ0v) is 13.5. The summed E-state index contributed by atoms with van der Waals surface area (Å²) in [5.41, 5.74) is 1.85. The first-order chi connectivity index (χ1) is 10.6. The van der Waals surface area contributed by atoms with Gasteiger partial charge in [0.05, 0.1) is 0 Å². The molecule has 2 heteroatoms. The molecule has 22 heavy (non-hydrogen) atoms. The second-order valence-electron chi connectivity index (χ2n) is 7.27. The summed E-state index contributed by atoms with van der Waals surface area (Å²) in [6.07, 6.45) is 8.84. The highest BCUT2D eigenvalue weighted by molar-refractivity contribution is 6.44. The van der Waals surface area contributed by atoms with Gasteiger partial charge in [-0.05, 0) is 49.1 Å². The van der Waals surface area contributed by atoms with E-state index in [1.54, 1.807) is 0 Å². The molecule has 2 aliphatic rings. The van der Waals surface area contributed by atoms with E-state index in [2.05, 4.69) is 13.0 Å². The van der Waals surface area contributed by atoms with Gasteiger partial charge in [0.2, 0.25) is 11.6 Å². The van der Waals surface area contributed by atoms with Crippen LogP contribution in [-0.2, 0) is 4.79 Å². The Morgan fingerprint density at radius 2 is 1.77 bits per heavy atom. The Morgan fingerprint density at radius 3 is 2.45 bits per heavy atom. The van der Waals surface area contributed by atoms with E-state index in [0.717, 1.165) is 31.6 Å². The molecule has 1 aromatic rings. The highest BCUT2D eigenvalue weighted by Crippen LogP contribution is 2.38. The second-order valence-corrected chi connectivity index (χ2v) is 7.27. The molecule has 2 atom stereocenters. The molecule has 0 spiro atoms. The zero-order valence-electron chi connectivity index (χ0n) is 13.5. The van der Waals surface area contributed by atoms with Crippen molar-refractivity contribution in [3.63, 3.8) is 0 Å². The highest BCUT2D eigenvalue weighted by atomic mass is 16.2. The van der Waals surface area contributed by atoms with Crippen LogP contribution in [0.5, 0.6) is 0 Å². The number of benzene rings is 1. The molecule has 118 valence electrons. The fourth-order valence-electron chi connectivity index (χ4n) is 4.14. The average Bonchev–Trinajstić information content (AvgIpc) is 3.01. The smallest absolute Gasteiger partial charge is 0.228 e. The Morgan fingerprint density at radius 1 is 1.00 bits per heavy atom. The lowest BCUT2D eigenvalue weighted by molar-refractivity contribution is -0.119. The molecule has 0 heterocycles. The highest BCUT2D eigenvalue weighted by Gasteiger charge is 2.28. The number of carbonyl (C=O) groups is 2. The monoisotopic (exact) mass is 298 g/mol. The predicted molar refractivity (Wildman–Crippen MR) is 88.1 cm³/mol. The third kappa shape index (κ3) is 3.31. The van der Waals surface area contributed by atoms with Crippen molar-refractivity contribution in [3.05, 3.63) is 35.4 Å². The molecule has 2 nitrogen and oxygen atoms in total. The summed E-state index contributed by atoms with van der Waals surface area (Å²) in [5, 5.41) is 0. The van der Waals surface area contributed by atoms with Crippen molar-refractivity contribution in [2.45, 2.75) is 64.2 Å². The normalized spacial score (nSPS) is 26.0. The first kappa shape index (κ1) is 15.5. The molecule has 0 aliphatic heterocycles. The van der Waals surface area contributed by atoms with Crippen molar-refractivity contribution in [1.29, 1.82) is 0 Å². The van der Waals surface area contributed by atoms with Crippen LogP contribution < -0.4 is 0 Å². The van der Waals surface area contributed by atoms with Gasteiger partial charge in [-0.1, -0.05) is 50.8 Å². The van der Waals surface area contributed by atoms with E-state index in [-0.39, 0.29) is 17.5 Å². The van der Waals surface area contributed by atoms with Crippen LogP contribution in [0.1, 0.15) is 80.1 Å². The minimum Gasteiger partial charge on any atom is -0.290 e. The van der Waals surface area contributed by atoms with Crippen LogP contribution in [0.25, 0.3) is 0 Å². The van der Waals surface area contributed by atoms with Crippen molar-refractivity contribution in [3.8, 4) is 0 Å². The van der Waals surface area contributed by atoms with Gasteiger partial charge < -0.3 is 0 Å². The molecule has 2 aliphatic carbocycles. The molecule has 2 unspecified atom stereocenters. The number of hydrogen-bond acceptors (Lipinski definition) is 2. The average molecular weight is 298 g/mol. The minimum absolute atomic E-state index is 0.0311. The van der Waals surface area contributed by atoms with E-state index in [4.69, 9.17) is 0 Å². The first-order valence-corrected chi connectivity index (χ1v) is 8.83. The van der Waals surface area contributed by atoms with Gasteiger partial charge in [0.1, 0.15) is 0 Å². The summed E-state index contributed by atoms with van der Waals surface area (Å²) in [7, 11) is 0. The third-order valence-corrected chi connectivity index (χ3v) is 5.51. The van der Waals surface area contributed by atoms with Crippen molar-refractivity contribution in [1.82, 2.24) is 0 Å². The van der Waals surface area contributed by atoms with Crippen molar-refractivity contribution >= 4 is 11.6 Å². The second kappa shape index (κ2) is 6.76. The Labute approximate surface area is 133 Å². The van der Waals surface area contributed by atoms with Gasteiger partial charge in [0.15, 0.2) is 0 Å². The fraction of sp³-hybridized carbons (Fsp3) is 0.600. The van der Waals surface area contributed by atoms with Gasteiger partial charge in [0.25, 0.3) is 0 Å². The van der Waals surface area contributed by atoms with Crippen LogP contribution in [0.3, 0.4) is 0 Å². The summed E-state index contributed by atoms with van der Waals surface area (Å²) >= 11 is 0. The van der Waals surface area contributed by atoms with Crippen LogP contribution >= 0.6 is 0 Å². The molecule has 0 bridgehead atoms. The molecular weight excluding hydrogens is 272 g/mol. The lowest BCUT2D eigenvalue weighted by Crippen LogP contribution is -2.25. The zero-order chi connectivity index (χ0) is 15.5. The van der Waals surface area contributed by atoms with Crippen LogP contribution in [0.4, 0.5) is 0 Å². The van der Waals surface area contributed by atoms with E-state index in [0.29, 0.717) is 11.5 Å². The molecule has 0 saturated heterocycles. The topological polar surface area (TPSA) is 34.1 Å². The molecule has 0 aromatic heterocycles. The van der Waals surface area contributed by atoms with Crippen molar-refractivity contribution in [2.75, 3.05) is 0 Å². The van der Waals surface area contributed by atoms with Crippen LogP contribution in [0.15, 0.2) is 24.3 Å². The molecule has 1 aromatic carbocycles. The number of ketones is 2. The minimum atomic E-state index is -0.264. The first-order valence-electron chi connectivity index (χ1n) is 8.83. The Balaban J connectivity index is 1.73. The maximum absolute atomic E-state index is 12.5. The number of rotatable bonds is 4. The van der Waals surface area contributed by atoms with Gasteiger partial charge >= 0.3 is 0 Å². The standard InChI is InChI=1S/C20H26O2/c1-14-10-11-17(12-14)16-8-5-9-18(13-16)20(22)19(21)15-6-3-2-4-7-15/h5,8-9,13-15,17H,2-4,6-7,10-12H2,1H3. The summed E-state index contributed by atoms with van der Waals surface area (Å²) < 4.78 is 0. The van der Waals surface area contributed by atoms with Crippen LogP contribution in [-0.4, -0.2) is 11.6 Å². The Hall–Kier alpha value is -1.44. The molecule has 0 N–H and O–H groups in total. The van der Waals surface area contributed by atoms with Crippen molar-refractivity contribution in [2.24, 2.45) is 11.8 Å². The quantitative estimate of drug-likeness (QED) is 0.584. The number of carbonyl (C=O) groups excluding carboxylic acids is 2. The van der Waals surface area contributed by atoms with Crippen LogP contribution in [0.2, 0.25) is 0 Å². The predicted octanol–water partition coefficient (Wildman–Crippen LogP) is 4.92. The van der Waals surface area contributed by atoms with Gasteiger partial charge in [-0.15, -0.1) is 0 Å². The lowest BCUT2D eigenvalue weighted by Gasteiger charge is -2.19. The summed E-state index contributed by atoms with van der Waals surface area (Å²) in [5.74, 6) is 0.883. The largest absolute Gasteiger partial charge is 0.290 e. The van der Waals surface area contributed by atoms with E-state index in [9.17, 15) is 9.59 Å². The molecule has 2 fully saturated rings. The van der Waals surface area contributed by atoms with Gasteiger partial charge in [-0.2, -0.15) is 0 Å². The van der Waals surface area contributed by atoms with Crippen LogP contribution in [0, 0.1) is 11.8 Å². The number of hydrogen-bond donors (Lipinski definition) is 0.